The average molecular weight is 260 g/mol. The zero-order valence-electron chi connectivity index (χ0n) is 12.0. The number of rotatable bonds is 4. The van der Waals surface area contributed by atoms with Gasteiger partial charge in [0, 0.05) is 39.0 Å². The van der Waals surface area contributed by atoms with Crippen LogP contribution in [0.3, 0.4) is 0 Å². The summed E-state index contributed by atoms with van der Waals surface area (Å²) in [5, 5.41) is 3.67. The Bertz CT molecular complexity index is 446. The van der Waals surface area contributed by atoms with Crippen LogP contribution in [0.2, 0.25) is 0 Å². The maximum Gasteiger partial charge on any atom is 0.0586 e. The standard InChI is InChI=1S/C16H24N2O/c1-18-8-7-13-9-12(3-6-16(13)18)11-17-14-4-5-15(10-14)19-2/h3,6,9,14-15,17H,4-5,7-8,10-11H2,1-2H3. The molecule has 1 aromatic rings. The number of hydrogen-bond donors (Lipinski definition) is 1. The van der Waals surface area contributed by atoms with E-state index in [1.54, 1.807) is 0 Å². The van der Waals surface area contributed by atoms with Crippen molar-refractivity contribution < 1.29 is 4.74 Å². The van der Waals surface area contributed by atoms with Crippen molar-refractivity contribution in [2.75, 3.05) is 25.6 Å². The van der Waals surface area contributed by atoms with Gasteiger partial charge in [-0.05, 0) is 42.9 Å². The molecule has 104 valence electrons. The van der Waals surface area contributed by atoms with Crippen molar-refractivity contribution in [1.82, 2.24) is 5.32 Å². The van der Waals surface area contributed by atoms with E-state index in [0.29, 0.717) is 12.1 Å². The molecule has 3 nitrogen and oxygen atoms in total. The van der Waals surface area contributed by atoms with Gasteiger partial charge in [-0.1, -0.05) is 12.1 Å². The van der Waals surface area contributed by atoms with Gasteiger partial charge in [0.2, 0.25) is 0 Å². The summed E-state index contributed by atoms with van der Waals surface area (Å²) in [5.74, 6) is 0. The van der Waals surface area contributed by atoms with Gasteiger partial charge in [-0.3, -0.25) is 0 Å². The maximum absolute atomic E-state index is 5.42. The van der Waals surface area contributed by atoms with Crippen LogP contribution in [0.1, 0.15) is 30.4 Å². The highest BCUT2D eigenvalue weighted by molar-refractivity contribution is 5.58. The Morgan fingerprint density at radius 2 is 2.26 bits per heavy atom. The fourth-order valence-electron chi connectivity index (χ4n) is 3.33. The van der Waals surface area contributed by atoms with Crippen molar-refractivity contribution in [3.8, 4) is 0 Å². The van der Waals surface area contributed by atoms with Crippen molar-refractivity contribution in [2.24, 2.45) is 0 Å². The number of likely N-dealkylation sites (N-methyl/N-ethyl adjacent to an activating group) is 1. The van der Waals surface area contributed by atoms with Crippen LogP contribution in [0.5, 0.6) is 0 Å². The van der Waals surface area contributed by atoms with Crippen LogP contribution in [0.25, 0.3) is 0 Å². The van der Waals surface area contributed by atoms with Gasteiger partial charge in [0.25, 0.3) is 0 Å². The zero-order chi connectivity index (χ0) is 13.2. The topological polar surface area (TPSA) is 24.5 Å². The summed E-state index contributed by atoms with van der Waals surface area (Å²) in [6.45, 7) is 2.14. The Labute approximate surface area is 115 Å². The third kappa shape index (κ3) is 2.77. The molecule has 0 spiro atoms. The highest BCUT2D eigenvalue weighted by Crippen LogP contribution is 2.27. The molecule has 1 saturated carbocycles. The third-order valence-electron chi connectivity index (χ3n) is 4.58. The van der Waals surface area contributed by atoms with E-state index in [2.05, 4.69) is 35.5 Å². The molecule has 0 saturated heterocycles. The molecule has 3 heteroatoms. The SMILES string of the molecule is COC1CCC(NCc2ccc3c(c2)CCN3C)C1. The molecule has 2 aliphatic rings. The van der Waals surface area contributed by atoms with E-state index >= 15 is 0 Å². The summed E-state index contributed by atoms with van der Waals surface area (Å²) in [5.41, 5.74) is 4.32. The Balaban J connectivity index is 1.56. The first-order valence-electron chi connectivity index (χ1n) is 7.35. The van der Waals surface area contributed by atoms with Gasteiger partial charge < -0.3 is 15.0 Å². The van der Waals surface area contributed by atoms with Gasteiger partial charge in [0.15, 0.2) is 0 Å². The van der Waals surface area contributed by atoms with Crippen LogP contribution >= 0.6 is 0 Å². The van der Waals surface area contributed by atoms with Crippen LogP contribution in [0.4, 0.5) is 5.69 Å². The molecule has 0 aromatic heterocycles. The largest absolute Gasteiger partial charge is 0.381 e. The molecule has 0 radical (unpaired) electrons. The summed E-state index contributed by atoms with van der Waals surface area (Å²) in [6.07, 6.45) is 5.25. The summed E-state index contributed by atoms with van der Waals surface area (Å²) in [7, 11) is 4.00. The van der Waals surface area contributed by atoms with Crippen LogP contribution < -0.4 is 10.2 Å². The minimum absolute atomic E-state index is 0.464. The lowest BCUT2D eigenvalue weighted by Crippen LogP contribution is -2.26. The van der Waals surface area contributed by atoms with E-state index in [0.717, 1.165) is 19.5 Å². The van der Waals surface area contributed by atoms with Crippen LogP contribution in [-0.2, 0) is 17.7 Å². The van der Waals surface area contributed by atoms with E-state index in [1.807, 2.05) is 7.11 Å². The predicted molar refractivity (Wildman–Crippen MR) is 78.7 cm³/mol. The Morgan fingerprint density at radius 1 is 1.37 bits per heavy atom. The van der Waals surface area contributed by atoms with Crippen LogP contribution in [0.15, 0.2) is 18.2 Å². The molecule has 19 heavy (non-hydrogen) atoms. The molecule has 1 aliphatic carbocycles. The second kappa shape index (κ2) is 5.51. The smallest absolute Gasteiger partial charge is 0.0586 e. The molecule has 3 rings (SSSR count). The van der Waals surface area contributed by atoms with Crippen molar-refractivity contribution in [3.05, 3.63) is 29.3 Å². The number of fused-ring (bicyclic) bond motifs is 1. The monoisotopic (exact) mass is 260 g/mol. The maximum atomic E-state index is 5.42. The molecule has 1 aliphatic heterocycles. The molecule has 0 bridgehead atoms. The van der Waals surface area contributed by atoms with Gasteiger partial charge in [0.1, 0.15) is 0 Å². The first-order valence-corrected chi connectivity index (χ1v) is 7.35. The number of anilines is 1. The second-order valence-electron chi connectivity index (χ2n) is 5.88. The summed E-state index contributed by atoms with van der Waals surface area (Å²) < 4.78 is 5.42. The average Bonchev–Trinajstić information content (AvgIpc) is 3.03. The van der Waals surface area contributed by atoms with E-state index in [-0.39, 0.29) is 0 Å². The molecular formula is C16H24N2O. The molecule has 2 unspecified atom stereocenters. The Morgan fingerprint density at radius 3 is 3.05 bits per heavy atom. The molecule has 1 fully saturated rings. The number of ether oxygens (including phenoxy) is 1. The fraction of sp³-hybridized carbons (Fsp3) is 0.625. The first kappa shape index (κ1) is 12.9. The first-order chi connectivity index (χ1) is 9.26. The lowest BCUT2D eigenvalue weighted by atomic mass is 10.1. The number of nitrogens with one attached hydrogen (secondary N) is 1. The van der Waals surface area contributed by atoms with Crippen molar-refractivity contribution >= 4 is 5.69 Å². The minimum Gasteiger partial charge on any atom is -0.381 e. The normalized spacial score (nSPS) is 25.9. The zero-order valence-corrected chi connectivity index (χ0v) is 12.0. The van der Waals surface area contributed by atoms with Gasteiger partial charge in [-0.25, -0.2) is 0 Å². The highest BCUT2D eigenvalue weighted by atomic mass is 16.5. The second-order valence-corrected chi connectivity index (χ2v) is 5.88. The van der Waals surface area contributed by atoms with Crippen LogP contribution in [0, 0.1) is 0 Å². The third-order valence-corrected chi connectivity index (χ3v) is 4.58. The van der Waals surface area contributed by atoms with E-state index < -0.39 is 0 Å². The van der Waals surface area contributed by atoms with Gasteiger partial charge in [-0.2, -0.15) is 0 Å². The van der Waals surface area contributed by atoms with Crippen molar-refractivity contribution in [2.45, 2.75) is 44.4 Å². The Hall–Kier alpha value is -1.06. The summed E-state index contributed by atoms with van der Waals surface area (Å²) in [4.78, 5) is 2.34. The van der Waals surface area contributed by atoms with Crippen LogP contribution in [-0.4, -0.2) is 32.8 Å². The summed E-state index contributed by atoms with van der Waals surface area (Å²) in [6, 6.07) is 7.53. The van der Waals surface area contributed by atoms with Gasteiger partial charge in [0.05, 0.1) is 6.10 Å². The van der Waals surface area contributed by atoms with Crippen molar-refractivity contribution in [3.63, 3.8) is 0 Å². The molecule has 1 N–H and O–H groups in total. The number of nitrogens with zero attached hydrogens (tertiary/aromatic N) is 1. The summed E-state index contributed by atoms with van der Waals surface area (Å²) >= 11 is 0. The van der Waals surface area contributed by atoms with E-state index in [9.17, 15) is 0 Å². The van der Waals surface area contributed by atoms with E-state index in [1.165, 1.54) is 36.1 Å². The lowest BCUT2D eigenvalue weighted by molar-refractivity contribution is 0.107. The van der Waals surface area contributed by atoms with E-state index in [4.69, 9.17) is 4.74 Å². The molecule has 0 amide bonds. The molecule has 2 atom stereocenters. The minimum atomic E-state index is 0.464. The van der Waals surface area contributed by atoms with Gasteiger partial charge >= 0.3 is 0 Å². The predicted octanol–water partition coefficient (Wildman–Crippen LogP) is 2.34. The highest BCUT2D eigenvalue weighted by Gasteiger charge is 2.24. The molecular weight excluding hydrogens is 236 g/mol. The fourth-order valence-corrected chi connectivity index (χ4v) is 3.33. The Kier molecular flexibility index (Phi) is 3.76. The number of benzene rings is 1. The lowest BCUT2D eigenvalue weighted by Gasteiger charge is -2.15. The quantitative estimate of drug-likeness (QED) is 0.899. The van der Waals surface area contributed by atoms with Gasteiger partial charge in [-0.15, -0.1) is 0 Å². The molecule has 1 heterocycles. The molecule has 1 aromatic carbocycles. The van der Waals surface area contributed by atoms with Crippen molar-refractivity contribution in [1.29, 1.82) is 0 Å². The number of methoxy groups -OCH3 is 1. The number of hydrogen-bond acceptors (Lipinski definition) is 3.